The van der Waals surface area contributed by atoms with Gasteiger partial charge in [0.05, 0.1) is 0 Å². The highest BCUT2D eigenvalue weighted by atomic mass is 19.1. The van der Waals surface area contributed by atoms with Gasteiger partial charge in [0.1, 0.15) is 11.6 Å². The van der Waals surface area contributed by atoms with Crippen molar-refractivity contribution in [1.29, 1.82) is 0 Å². The van der Waals surface area contributed by atoms with E-state index in [0.29, 0.717) is 5.56 Å². The van der Waals surface area contributed by atoms with Crippen LogP contribution in [-0.4, -0.2) is 31.6 Å². The van der Waals surface area contributed by atoms with E-state index in [4.69, 9.17) is 0 Å². The number of halogens is 2. The molecule has 1 heterocycles. The monoisotopic (exact) mass is 282 g/mol. The first-order valence-electron chi connectivity index (χ1n) is 7.44. The van der Waals surface area contributed by atoms with E-state index < -0.39 is 11.6 Å². The smallest absolute Gasteiger partial charge is 0.126 e. The number of hydrogen-bond acceptors (Lipinski definition) is 2. The van der Waals surface area contributed by atoms with Gasteiger partial charge in [-0.25, -0.2) is 8.78 Å². The largest absolute Gasteiger partial charge is 0.313 e. The molecule has 2 rings (SSSR count). The highest BCUT2D eigenvalue weighted by Gasteiger charge is 2.18. The molecule has 112 valence electrons. The van der Waals surface area contributed by atoms with Crippen LogP contribution in [-0.2, 0) is 0 Å². The maximum Gasteiger partial charge on any atom is 0.126 e. The van der Waals surface area contributed by atoms with Gasteiger partial charge in [0.25, 0.3) is 0 Å². The molecule has 0 bridgehead atoms. The molecule has 0 aromatic heterocycles. The summed E-state index contributed by atoms with van der Waals surface area (Å²) in [6.45, 7) is 5.52. The molecule has 20 heavy (non-hydrogen) atoms. The van der Waals surface area contributed by atoms with Gasteiger partial charge < -0.3 is 10.2 Å². The molecular weight excluding hydrogens is 258 g/mol. The maximum absolute atomic E-state index is 13.3. The lowest BCUT2D eigenvalue weighted by molar-refractivity contribution is 0.176. The fourth-order valence-corrected chi connectivity index (χ4v) is 3.06. The average Bonchev–Trinajstić information content (AvgIpc) is 2.38. The van der Waals surface area contributed by atoms with Gasteiger partial charge in [-0.3, -0.25) is 0 Å². The molecule has 2 unspecified atom stereocenters. The zero-order valence-electron chi connectivity index (χ0n) is 12.3. The second kappa shape index (κ2) is 7.14. The van der Waals surface area contributed by atoms with Crippen molar-refractivity contribution in [2.24, 2.45) is 5.92 Å². The number of hydrogen-bond donors (Lipinski definition) is 1. The van der Waals surface area contributed by atoms with Gasteiger partial charge in [-0.05, 0) is 63.0 Å². The van der Waals surface area contributed by atoms with Crippen molar-refractivity contribution < 1.29 is 8.78 Å². The van der Waals surface area contributed by atoms with Crippen LogP contribution in [0, 0.1) is 17.6 Å². The maximum atomic E-state index is 13.3. The van der Waals surface area contributed by atoms with Crippen LogP contribution in [0.25, 0.3) is 0 Å². The first-order valence-corrected chi connectivity index (χ1v) is 7.44. The van der Waals surface area contributed by atoms with Crippen molar-refractivity contribution in [3.05, 3.63) is 35.4 Å². The van der Waals surface area contributed by atoms with E-state index in [1.54, 1.807) is 0 Å². The summed E-state index contributed by atoms with van der Waals surface area (Å²) >= 11 is 0. The van der Waals surface area contributed by atoms with Crippen LogP contribution in [0.5, 0.6) is 0 Å². The average molecular weight is 282 g/mol. The molecule has 1 aliphatic heterocycles. The molecule has 0 radical (unpaired) electrons. The third-order valence-corrected chi connectivity index (χ3v) is 4.11. The fourth-order valence-electron chi connectivity index (χ4n) is 3.06. The van der Waals surface area contributed by atoms with Crippen LogP contribution in [0.1, 0.15) is 37.8 Å². The van der Waals surface area contributed by atoms with Crippen LogP contribution in [0.4, 0.5) is 8.78 Å². The number of rotatable bonds is 5. The molecule has 0 spiro atoms. The highest BCUT2D eigenvalue weighted by Crippen LogP contribution is 2.21. The summed E-state index contributed by atoms with van der Waals surface area (Å²) < 4.78 is 26.6. The Labute approximate surface area is 120 Å². The van der Waals surface area contributed by atoms with Crippen molar-refractivity contribution in [3.63, 3.8) is 0 Å². The molecule has 4 heteroatoms. The van der Waals surface area contributed by atoms with Gasteiger partial charge in [-0.1, -0.05) is 6.92 Å². The van der Waals surface area contributed by atoms with E-state index >= 15 is 0 Å². The number of nitrogens with one attached hydrogen (secondary N) is 1. The molecule has 1 aromatic carbocycles. The Morgan fingerprint density at radius 1 is 1.30 bits per heavy atom. The standard InChI is InChI=1S/C16H24F2N2/c1-12-4-3-6-20(11-12)7-5-16(19-2)13-8-14(17)10-15(18)9-13/h8-10,12,16,19H,3-7,11H2,1-2H3. The Morgan fingerprint density at radius 3 is 2.60 bits per heavy atom. The van der Waals surface area contributed by atoms with E-state index in [1.165, 1.54) is 25.0 Å². The van der Waals surface area contributed by atoms with Crippen LogP contribution in [0.3, 0.4) is 0 Å². The molecule has 1 N–H and O–H groups in total. The Balaban J connectivity index is 1.94. The number of piperidine rings is 1. The van der Waals surface area contributed by atoms with E-state index in [2.05, 4.69) is 17.1 Å². The minimum absolute atomic E-state index is 0.00238. The van der Waals surface area contributed by atoms with Crippen LogP contribution in [0.15, 0.2) is 18.2 Å². The number of likely N-dealkylation sites (tertiary alicyclic amines) is 1. The summed E-state index contributed by atoms with van der Waals surface area (Å²) in [6, 6.07) is 3.76. The van der Waals surface area contributed by atoms with Gasteiger partial charge in [-0.15, -0.1) is 0 Å². The van der Waals surface area contributed by atoms with Gasteiger partial charge in [0, 0.05) is 18.7 Å². The predicted molar refractivity (Wildman–Crippen MR) is 77.6 cm³/mol. The van der Waals surface area contributed by atoms with Crippen molar-refractivity contribution in [3.8, 4) is 0 Å². The summed E-state index contributed by atoms with van der Waals surface area (Å²) in [4.78, 5) is 2.45. The van der Waals surface area contributed by atoms with E-state index in [0.717, 1.165) is 38.0 Å². The van der Waals surface area contributed by atoms with Crippen LogP contribution in [0.2, 0.25) is 0 Å². The first kappa shape index (κ1) is 15.4. The van der Waals surface area contributed by atoms with Gasteiger partial charge in [0.2, 0.25) is 0 Å². The van der Waals surface area contributed by atoms with Gasteiger partial charge in [-0.2, -0.15) is 0 Å². The minimum Gasteiger partial charge on any atom is -0.313 e. The molecule has 0 aliphatic carbocycles. The normalized spacial score (nSPS) is 21.9. The van der Waals surface area contributed by atoms with E-state index in [9.17, 15) is 8.78 Å². The zero-order chi connectivity index (χ0) is 14.5. The highest BCUT2D eigenvalue weighted by molar-refractivity contribution is 5.21. The summed E-state index contributed by atoms with van der Waals surface area (Å²) in [5, 5.41) is 3.16. The number of nitrogens with zero attached hydrogens (tertiary/aromatic N) is 1. The first-order chi connectivity index (χ1) is 9.58. The van der Waals surface area contributed by atoms with Crippen LogP contribution >= 0.6 is 0 Å². The topological polar surface area (TPSA) is 15.3 Å². The van der Waals surface area contributed by atoms with E-state index in [1.807, 2.05) is 7.05 Å². The molecule has 2 nitrogen and oxygen atoms in total. The summed E-state index contributed by atoms with van der Waals surface area (Å²) in [6.07, 6.45) is 3.42. The summed E-state index contributed by atoms with van der Waals surface area (Å²) in [5.74, 6) is -0.262. The lowest BCUT2D eigenvalue weighted by atomic mass is 9.98. The third-order valence-electron chi connectivity index (χ3n) is 4.11. The summed E-state index contributed by atoms with van der Waals surface area (Å²) in [5.41, 5.74) is 0.690. The second-order valence-electron chi connectivity index (χ2n) is 5.88. The van der Waals surface area contributed by atoms with Crippen LogP contribution < -0.4 is 5.32 Å². The Morgan fingerprint density at radius 2 is 2.00 bits per heavy atom. The SMILES string of the molecule is CNC(CCN1CCCC(C)C1)c1cc(F)cc(F)c1. The minimum atomic E-state index is -0.508. The van der Waals surface area contributed by atoms with Crippen molar-refractivity contribution in [1.82, 2.24) is 10.2 Å². The molecule has 1 aliphatic rings. The molecule has 0 amide bonds. The zero-order valence-corrected chi connectivity index (χ0v) is 12.3. The number of benzene rings is 1. The quantitative estimate of drug-likeness (QED) is 0.891. The van der Waals surface area contributed by atoms with Crippen molar-refractivity contribution in [2.45, 2.75) is 32.2 Å². The molecule has 1 aromatic rings. The molecular formula is C16H24F2N2. The van der Waals surface area contributed by atoms with Gasteiger partial charge in [0.15, 0.2) is 0 Å². The van der Waals surface area contributed by atoms with E-state index in [-0.39, 0.29) is 6.04 Å². The molecule has 1 fully saturated rings. The fraction of sp³-hybridized carbons (Fsp3) is 0.625. The lowest BCUT2D eigenvalue weighted by Crippen LogP contribution is -2.36. The van der Waals surface area contributed by atoms with Gasteiger partial charge >= 0.3 is 0 Å². The molecule has 1 saturated heterocycles. The molecule has 0 saturated carbocycles. The van der Waals surface area contributed by atoms with Crippen molar-refractivity contribution in [2.75, 3.05) is 26.7 Å². The molecule has 2 atom stereocenters. The second-order valence-corrected chi connectivity index (χ2v) is 5.88. The van der Waals surface area contributed by atoms with Crippen molar-refractivity contribution >= 4 is 0 Å². The third kappa shape index (κ3) is 4.25. The Kier molecular flexibility index (Phi) is 5.49. The Hall–Kier alpha value is -1.00. The lowest BCUT2D eigenvalue weighted by Gasteiger charge is -2.32. The predicted octanol–water partition coefficient (Wildman–Crippen LogP) is 3.35. The summed E-state index contributed by atoms with van der Waals surface area (Å²) in [7, 11) is 1.84. The Bertz CT molecular complexity index is 416.